The van der Waals surface area contributed by atoms with Crippen molar-refractivity contribution in [2.24, 2.45) is 5.73 Å². The van der Waals surface area contributed by atoms with Crippen molar-refractivity contribution in [2.45, 2.75) is 20.3 Å². The second kappa shape index (κ2) is 4.10. The summed E-state index contributed by atoms with van der Waals surface area (Å²) in [5.41, 5.74) is 9.44. The number of hydrogen-bond donors (Lipinski definition) is 2. The summed E-state index contributed by atoms with van der Waals surface area (Å²) in [5.74, 6) is 0. The lowest BCUT2D eigenvalue weighted by atomic mass is 10.0. The molecule has 0 atom stereocenters. The number of nitrogens with one attached hydrogen (secondary N) is 1. The third-order valence-electron chi connectivity index (χ3n) is 2.93. The SMILES string of the molecule is Cc1ccc(C)c2[nH]c(=O)c(CCN)cc12. The lowest BCUT2D eigenvalue weighted by Crippen LogP contribution is -2.16. The van der Waals surface area contributed by atoms with Gasteiger partial charge in [-0.1, -0.05) is 12.1 Å². The molecule has 16 heavy (non-hydrogen) atoms. The number of H-pyrrole nitrogens is 1. The van der Waals surface area contributed by atoms with Crippen molar-refractivity contribution < 1.29 is 0 Å². The first-order valence-electron chi connectivity index (χ1n) is 5.45. The van der Waals surface area contributed by atoms with Crippen LogP contribution in [0.15, 0.2) is 23.0 Å². The maximum absolute atomic E-state index is 11.8. The molecule has 0 aliphatic rings. The van der Waals surface area contributed by atoms with Gasteiger partial charge in [-0.05, 0) is 44.0 Å². The van der Waals surface area contributed by atoms with E-state index in [2.05, 4.69) is 11.1 Å². The highest BCUT2D eigenvalue weighted by atomic mass is 16.1. The summed E-state index contributed by atoms with van der Waals surface area (Å²) in [6.45, 7) is 4.55. The minimum absolute atomic E-state index is 0.0216. The molecule has 0 aliphatic carbocycles. The Balaban J connectivity index is 2.79. The minimum Gasteiger partial charge on any atom is -0.330 e. The number of rotatable bonds is 2. The van der Waals surface area contributed by atoms with Gasteiger partial charge < -0.3 is 10.7 Å². The first kappa shape index (κ1) is 10.9. The molecule has 3 N–H and O–H groups in total. The molecular formula is C13H16N2O. The molecule has 0 aliphatic heterocycles. The van der Waals surface area contributed by atoms with Gasteiger partial charge >= 0.3 is 0 Å². The van der Waals surface area contributed by atoms with Crippen LogP contribution in [-0.2, 0) is 6.42 Å². The van der Waals surface area contributed by atoms with Gasteiger partial charge in [-0.3, -0.25) is 4.79 Å². The van der Waals surface area contributed by atoms with Gasteiger partial charge in [-0.15, -0.1) is 0 Å². The highest BCUT2D eigenvalue weighted by molar-refractivity contribution is 5.85. The fraction of sp³-hybridized carbons (Fsp3) is 0.308. The quantitative estimate of drug-likeness (QED) is 0.801. The predicted octanol–water partition coefficient (Wildman–Crippen LogP) is 1.65. The highest BCUT2D eigenvalue weighted by Gasteiger charge is 2.05. The van der Waals surface area contributed by atoms with E-state index in [1.165, 1.54) is 5.56 Å². The van der Waals surface area contributed by atoms with Crippen LogP contribution in [0.25, 0.3) is 10.9 Å². The van der Waals surface area contributed by atoms with Gasteiger partial charge in [0.2, 0.25) is 0 Å². The van der Waals surface area contributed by atoms with E-state index < -0.39 is 0 Å². The molecule has 0 bridgehead atoms. The Morgan fingerprint density at radius 2 is 1.94 bits per heavy atom. The van der Waals surface area contributed by atoms with E-state index in [1.54, 1.807) is 0 Å². The average molecular weight is 216 g/mol. The molecule has 2 aromatic rings. The summed E-state index contributed by atoms with van der Waals surface area (Å²) in [7, 11) is 0. The Hall–Kier alpha value is -1.61. The van der Waals surface area contributed by atoms with E-state index in [-0.39, 0.29) is 5.56 Å². The molecule has 0 spiro atoms. The fourth-order valence-corrected chi connectivity index (χ4v) is 1.96. The van der Waals surface area contributed by atoms with Crippen molar-refractivity contribution in [3.63, 3.8) is 0 Å². The molecule has 0 saturated carbocycles. The summed E-state index contributed by atoms with van der Waals surface area (Å²) < 4.78 is 0. The molecule has 84 valence electrons. The van der Waals surface area contributed by atoms with Crippen molar-refractivity contribution >= 4 is 10.9 Å². The van der Waals surface area contributed by atoms with E-state index in [1.807, 2.05) is 26.0 Å². The summed E-state index contributed by atoms with van der Waals surface area (Å²) in [6, 6.07) is 6.06. The van der Waals surface area contributed by atoms with Crippen molar-refractivity contribution in [1.29, 1.82) is 0 Å². The lowest BCUT2D eigenvalue weighted by Gasteiger charge is -2.07. The van der Waals surface area contributed by atoms with Crippen LogP contribution >= 0.6 is 0 Å². The van der Waals surface area contributed by atoms with Crippen molar-refractivity contribution in [3.8, 4) is 0 Å². The third kappa shape index (κ3) is 1.74. The average Bonchev–Trinajstić information content (AvgIpc) is 2.26. The number of aromatic amines is 1. The van der Waals surface area contributed by atoms with Crippen LogP contribution in [0, 0.1) is 13.8 Å². The van der Waals surface area contributed by atoms with Crippen LogP contribution in [0.4, 0.5) is 0 Å². The third-order valence-corrected chi connectivity index (χ3v) is 2.93. The molecular weight excluding hydrogens is 200 g/mol. The summed E-state index contributed by atoms with van der Waals surface area (Å²) in [5, 5.41) is 1.11. The zero-order valence-corrected chi connectivity index (χ0v) is 9.63. The van der Waals surface area contributed by atoms with Crippen molar-refractivity contribution in [2.75, 3.05) is 6.54 Å². The Labute approximate surface area is 94.3 Å². The van der Waals surface area contributed by atoms with E-state index in [9.17, 15) is 4.79 Å². The second-order valence-electron chi connectivity index (χ2n) is 4.15. The molecule has 2 rings (SSSR count). The largest absolute Gasteiger partial charge is 0.330 e. The minimum atomic E-state index is -0.0216. The first-order valence-corrected chi connectivity index (χ1v) is 5.45. The van der Waals surface area contributed by atoms with E-state index >= 15 is 0 Å². The maximum Gasteiger partial charge on any atom is 0.251 e. The normalized spacial score (nSPS) is 10.9. The Bertz CT molecular complexity index is 584. The van der Waals surface area contributed by atoms with Crippen LogP contribution in [-0.4, -0.2) is 11.5 Å². The van der Waals surface area contributed by atoms with Crippen molar-refractivity contribution in [3.05, 3.63) is 45.2 Å². The molecule has 1 heterocycles. The molecule has 0 unspecified atom stereocenters. The number of aryl methyl sites for hydroxylation is 2. The fourth-order valence-electron chi connectivity index (χ4n) is 1.96. The van der Waals surface area contributed by atoms with Gasteiger partial charge in [-0.25, -0.2) is 0 Å². The van der Waals surface area contributed by atoms with Crippen LogP contribution in [0.5, 0.6) is 0 Å². The van der Waals surface area contributed by atoms with Gasteiger partial charge in [-0.2, -0.15) is 0 Å². The van der Waals surface area contributed by atoms with Gasteiger partial charge in [0.15, 0.2) is 0 Å². The Kier molecular flexibility index (Phi) is 2.79. The van der Waals surface area contributed by atoms with Crippen LogP contribution in [0.2, 0.25) is 0 Å². The number of fused-ring (bicyclic) bond motifs is 1. The zero-order chi connectivity index (χ0) is 11.7. The van der Waals surface area contributed by atoms with Gasteiger partial charge in [0.05, 0.1) is 5.52 Å². The van der Waals surface area contributed by atoms with Crippen LogP contribution < -0.4 is 11.3 Å². The number of pyridine rings is 1. The van der Waals surface area contributed by atoms with E-state index in [0.717, 1.165) is 22.0 Å². The van der Waals surface area contributed by atoms with Gasteiger partial charge in [0.1, 0.15) is 0 Å². The van der Waals surface area contributed by atoms with Gasteiger partial charge in [0, 0.05) is 10.9 Å². The monoisotopic (exact) mass is 216 g/mol. The predicted molar refractivity (Wildman–Crippen MR) is 66.8 cm³/mol. The molecule has 0 radical (unpaired) electrons. The second-order valence-corrected chi connectivity index (χ2v) is 4.15. The lowest BCUT2D eigenvalue weighted by molar-refractivity contribution is 0.948. The van der Waals surface area contributed by atoms with Crippen molar-refractivity contribution in [1.82, 2.24) is 4.98 Å². The number of hydrogen-bond acceptors (Lipinski definition) is 2. The van der Waals surface area contributed by atoms with E-state index in [0.29, 0.717) is 13.0 Å². The number of benzene rings is 1. The molecule has 0 amide bonds. The number of nitrogens with two attached hydrogens (primary N) is 1. The van der Waals surface area contributed by atoms with Gasteiger partial charge in [0.25, 0.3) is 5.56 Å². The summed E-state index contributed by atoms with van der Waals surface area (Å²) in [6.07, 6.45) is 0.624. The zero-order valence-electron chi connectivity index (χ0n) is 9.63. The molecule has 0 saturated heterocycles. The number of aromatic nitrogens is 1. The first-order chi connectivity index (χ1) is 7.63. The highest BCUT2D eigenvalue weighted by Crippen LogP contribution is 2.19. The molecule has 1 aromatic carbocycles. The Morgan fingerprint density at radius 1 is 1.25 bits per heavy atom. The standard InChI is InChI=1S/C13H16N2O/c1-8-3-4-9(2)12-11(8)7-10(5-6-14)13(16)15-12/h3-4,7H,5-6,14H2,1-2H3,(H,15,16). The molecule has 3 heteroatoms. The summed E-state index contributed by atoms with van der Waals surface area (Å²) in [4.78, 5) is 14.7. The van der Waals surface area contributed by atoms with E-state index in [4.69, 9.17) is 5.73 Å². The smallest absolute Gasteiger partial charge is 0.251 e. The maximum atomic E-state index is 11.8. The van der Waals surface area contributed by atoms with Crippen LogP contribution in [0.1, 0.15) is 16.7 Å². The Morgan fingerprint density at radius 3 is 2.62 bits per heavy atom. The summed E-state index contributed by atoms with van der Waals surface area (Å²) >= 11 is 0. The molecule has 3 nitrogen and oxygen atoms in total. The van der Waals surface area contributed by atoms with Crippen LogP contribution in [0.3, 0.4) is 0 Å². The molecule has 1 aromatic heterocycles. The molecule has 0 fully saturated rings. The topological polar surface area (TPSA) is 58.9 Å².